The molecule has 1 aliphatic rings. The number of hydrogen-bond acceptors (Lipinski definition) is 2. The standard InChI is InChI=1S/C18H29N3O/c1-4-19-18(21-13-5-6-14-21)20-12-11-16-7-9-17(10-8-16)22-15(2)3/h7-10,15H,4-6,11-14H2,1-3H3,(H,19,20). The molecule has 1 fully saturated rings. The lowest BCUT2D eigenvalue weighted by Gasteiger charge is -2.20. The molecule has 0 amide bonds. The van der Waals surface area contributed by atoms with Gasteiger partial charge in [0.1, 0.15) is 5.75 Å². The Morgan fingerprint density at radius 1 is 1.23 bits per heavy atom. The van der Waals surface area contributed by atoms with Gasteiger partial charge >= 0.3 is 0 Å². The van der Waals surface area contributed by atoms with E-state index in [1.165, 1.54) is 18.4 Å². The van der Waals surface area contributed by atoms with Gasteiger partial charge in [-0.15, -0.1) is 0 Å². The lowest BCUT2D eigenvalue weighted by atomic mass is 10.1. The van der Waals surface area contributed by atoms with E-state index in [0.717, 1.165) is 44.3 Å². The largest absolute Gasteiger partial charge is 0.491 e. The Balaban J connectivity index is 1.86. The van der Waals surface area contributed by atoms with Crippen molar-refractivity contribution in [2.24, 2.45) is 4.99 Å². The molecule has 1 saturated heterocycles. The summed E-state index contributed by atoms with van der Waals surface area (Å²) in [6.07, 6.45) is 3.74. The van der Waals surface area contributed by atoms with Gasteiger partial charge in [-0.25, -0.2) is 0 Å². The molecule has 0 spiro atoms. The zero-order valence-electron chi connectivity index (χ0n) is 14.1. The summed E-state index contributed by atoms with van der Waals surface area (Å²) in [7, 11) is 0. The van der Waals surface area contributed by atoms with Crippen molar-refractivity contribution >= 4 is 5.96 Å². The van der Waals surface area contributed by atoms with Crippen LogP contribution in [0.4, 0.5) is 0 Å². The van der Waals surface area contributed by atoms with E-state index in [1.807, 2.05) is 26.0 Å². The van der Waals surface area contributed by atoms with Crippen LogP contribution in [0.3, 0.4) is 0 Å². The van der Waals surface area contributed by atoms with Crippen LogP contribution in [-0.4, -0.2) is 43.1 Å². The molecule has 1 aromatic carbocycles. The number of guanidine groups is 1. The molecule has 2 rings (SSSR count). The van der Waals surface area contributed by atoms with E-state index in [4.69, 9.17) is 9.73 Å². The van der Waals surface area contributed by atoms with Crippen LogP contribution in [0.5, 0.6) is 5.75 Å². The third-order valence-corrected chi connectivity index (χ3v) is 3.70. The maximum absolute atomic E-state index is 5.67. The molecule has 0 radical (unpaired) electrons. The summed E-state index contributed by atoms with van der Waals surface area (Å²) in [4.78, 5) is 7.13. The third-order valence-electron chi connectivity index (χ3n) is 3.70. The first kappa shape index (κ1) is 16.7. The monoisotopic (exact) mass is 303 g/mol. The van der Waals surface area contributed by atoms with E-state index in [-0.39, 0.29) is 6.10 Å². The molecule has 1 aromatic rings. The van der Waals surface area contributed by atoms with E-state index in [1.54, 1.807) is 0 Å². The predicted molar refractivity (Wildman–Crippen MR) is 92.7 cm³/mol. The zero-order chi connectivity index (χ0) is 15.8. The van der Waals surface area contributed by atoms with Crippen molar-refractivity contribution in [1.29, 1.82) is 0 Å². The zero-order valence-corrected chi connectivity index (χ0v) is 14.1. The number of benzene rings is 1. The van der Waals surface area contributed by atoms with Crippen LogP contribution < -0.4 is 10.1 Å². The maximum Gasteiger partial charge on any atom is 0.193 e. The lowest BCUT2D eigenvalue weighted by Crippen LogP contribution is -2.39. The molecule has 1 aliphatic heterocycles. The summed E-state index contributed by atoms with van der Waals surface area (Å²) in [5.74, 6) is 2.01. The summed E-state index contributed by atoms with van der Waals surface area (Å²) in [5, 5.41) is 3.40. The van der Waals surface area contributed by atoms with Gasteiger partial charge in [0, 0.05) is 26.2 Å². The predicted octanol–water partition coefficient (Wildman–Crippen LogP) is 3.08. The quantitative estimate of drug-likeness (QED) is 0.648. The summed E-state index contributed by atoms with van der Waals surface area (Å²) < 4.78 is 5.67. The van der Waals surface area contributed by atoms with Crippen LogP contribution in [0.2, 0.25) is 0 Å². The van der Waals surface area contributed by atoms with Gasteiger partial charge in [0.25, 0.3) is 0 Å². The van der Waals surface area contributed by atoms with Crippen molar-refractivity contribution in [3.63, 3.8) is 0 Å². The normalized spacial score (nSPS) is 15.5. The highest BCUT2D eigenvalue weighted by Crippen LogP contribution is 2.14. The highest BCUT2D eigenvalue weighted by atomic mass is 16.5. The van der Waals surface area contributed by atoms with Gasteiger partial charge in [-0.1, -0.05) is 12.1 Å². The van der Waals surface area contributed by atoms with Crippen LogP contribution in [0.1, 0.15) is 39.2 Å². The average molecular weight is 303 g/mol. The van der Waals surface area contributed by atoms with Crippen molar-refractivity contribution in [1.82, 2.24) is 10.2 Å². The fraction of sp³-hybridized carbons (Fsp3) is 0.611. The summed E-state index contributed by atoms with van der Waals surface area (Å²) in [6.45, 7) is 10.2. The van der Waals surface area contributed by atoms with Gasteiger partial charge in [0.15, 0.2) is 5.96 Å². The summed E-state index contributed by atoms with van der Waals surface area (Å²) in [5.41, 5.74) is 1.30. The molecule has 22 heavy (non-hydrogen) atoms. The SMILES string of the molecule is CCNC(=NCCc1ccc(OC(C)C)cc1)N1CCCC1. The highest BCUT2D eigenvalue weighted by Gasteiger charge is 2.15. The smallest absolute Gasteiger partial charge is 0.193 e. The minimum Gasteiger partial charge on any atom is -0.491 e. The first-order valence-electron chi connectivity index (χ1n) is 8.48. The minimum atomic E-state index is 0.221. The number of hydrogen-bond donors (Lipinski definition) is 1. The molecular formula is C18H29N3O. The maximum atomic E-state index is 5.67. The molecule has 0 aromatic heterocycles. The molecule has 0 bridgehead atoms. The van der Waals surface area contributed by atoms with E-state index < -0.39 is 0 Å². The molecule has 122 valence electrons. The fourth-order valence-corrected chi connectivity index (χ4v) is 2.65. The number of aliphatic imine (C=N–C) groups is 1. The fourth-order valence-electron chi connectivity index (χ4n) is 2.65. The number of nitrogens with one attached hydrogen (secondary N) is 1. The van der Waals surface area contributed by atoms with Crippen molar-refractivity contribution < 1.29 is 4.74 Å². The van der Waals surface area contributed by atoms with Crippen molar-refractivity contribution in [3.05, 3.63) is 29.8 Å². The minimum absolute atomic E-state index is 0.221. The average Bonchev–Trinajstić information content (AvgIpc) is 3.02. The van der Waals surface area contributed by atoms with Gasteiger partial charge in [0.2, 0.25) is 0 Å². The molecule has 1 heterocycles. The Morgan fingerprint density at radius 2 is 1.91 bits per heavy atom. The second-order valence-corrected chi connectivity index (χ2v) is 5.99. The molecule has 0 unspecified atom stereocenters. The van der Waals surface area contributed by atoms with Crippen molar-refractivity contribution in [2.75, 3.05) is 26.2 Å². The number of ether oxygens (including phenoxy) is 1. The molecule has 4 heteroatoms. The first-order chi connectivity index (χ1) is 10.7. The van der Waals surface area contributed by atoms with Crippen LogP contribution in [0.15, 0.2) is 29.3 Å². The molecule has 4 nitrogen and oxygen atoms in total. The Labute approximate surface area is 134 Å². The molecule has 1 N–H and O–H groups in total. The second-order valence-electron chi connectivity index (χ2n) is 5.99. The Morgan fingerprint density at radius 3 is 2.50 bits per heavy atom. The summed E-state index contributed by atoms with van der Waals surface area (Å²) >= 11 is 0. The Bertz CT molecular complexity index is 462. The van der Waals surface area contributed by atoms with Gasteiger partial charge in [-0.2, -0.15) is 0 Å². The van der Waals surface area contributed by atoms with Crippen LogP contribution in [0, 0.1) is 0 Å². The Kier molecular flexibility index (Phi) is 6.56. The topological polar surface area (TPSA) is 36.9 Å². The van der Waals surface area contributed by atoms with E-state index in [0.29, 0.717) is 0 Å². The molecular weight excluding hydrogens is 274 g/mol. The van der Waals surface area contributed by atoms with Crippen LogP contribution in [0.25, 0.3) is 0 Å². The molecule has 0 saturated carbocycles. The number of nitrogens with zero attached hydrogens (tertiary/aromatic N) is 2. The van der Waals surface area contributed by atoms with Gasteiger partial charge in [0.05, 0.1) is 6.10 Å². The molecule has 0 aliphatic carbocycles. The van der Waals surface area contributed by atoms with Crippen LogP contribution in [-0.2, 0) is 6.42 Å². The lowest BCUT2D eigenvalue weighted by molar-refractivity contribution is 0.242. The highest BCUT2D eigenvalue weighted by molar-refractivity contribution is 5.80. The van der Waals surface area contributed by atoms with E-state index in [9.17, 15) is 0 Å². The first-order valence-corrected chi connectivity index (χ1v) is 8.48. The Hall–Kier alpha value is -1.71. The van der Waals surface area contributed by atoms with Crippen LogP contribution >= 0.6 is 0 Å². The van der Waals surface area contributed by atoms with Crippen molar-refractivity contribution in [2.45, 2.75) is 46.1 Å². The number of rotatable bonds is 6. The second kappa shape index (κ2) is 8.66. The van der Waals surface area contributed by atoms with Gasteiger partial charge in [-0.3, -0.25) is 4.99 Å². The van der Waals surface area contributed by atoms with E-state index >= 15 is 0 Å². The van der Waals surface area contributed by atoms with Gasteiger partial charge < -0.3 is 15.0 Å². The third kappa shape index (κ3) is 5.24. The van der Waals surface area contributed by atoms with Crippen molar-refractivity contribution in [3.8, 4) is 5.75 Å². The molecule has 0 atom stereocenters. The summed E-state index contributed by atoms with van der Waals surface area (Å²) in [6, 6.07) is 8.36. The number of likely N-dealkylation sites (tertiary alicyclic amines) is 1. The van der Waals surface area contributed by atoms with Gasteiger partial charge in [-0.05, 0) is 57.7 Å². The van der Waals surface area contributed by atoms with E-state index in [2.05, 4.69) is 29.3 Å².